The summed E-state index contributed by atoms with van der Waals surface area (Å²) in [7, 11) is 1.65. The number of halogens is 2. The molecule has 20 heavy (non-hydrogen) atoms. The lowest BCUT2D eigenvalue weighted by molar-refractivity contribution is -0.150. The summed E-state index contributed by atoms with van der Waals surface area (Å²) in [6, 6.07) is 3.29. The first-order chi connectivity index (χ1) is 9.42. The summed E-state index contributed by atoms with van der Waals surface area (Å²) in [4.78, 5) is 11.8. The van der Waals surface area contributed by atoms with E-state index in [0.717, 1.165) is 12.1 Å². The Kier molecular flexibility index (Phi) is 5.88. The molecule has 1 unspecified atom stereocenters. The van der Waals surface area contributed by atoms with Gasteiger partial charge in [-0.25, -0.2) is 8.78 Å². The van der Waals surface area contributed by atoms with Crippen LogP contribution in [0.3, 0.4) is 0 Å². The molecule has 1 N–H and O–H groups in total. The molecule has 0 amide bonds. The average Bonchev–Trinajstić information content (AvgIpc) is 2.42. The molecule has 1 aromatic rings. The van der Waals surface area contributed by atoms with Crippen LogP contribution in [0.25, 0.3) is 0 Å². The highest BCUT2D eigenvalue weighted by Crippen LogP contribution is 2.17. The van der Waals surface area contributed by atoms with Crippen molar-refractivity contribution in [3.8, 4) is 5.75 Å². The predicted molar refractivity (Wildman–Crippen MR) is 70.6 cm³/mol. The molecular weight excluding hydrogens is 268 g/mol. The van der Waals surface area contributed by atoms with Crippen molar-refractivity contribution >= 4 is 5.97 Å². The minimum absolute atomic E-state index is 0.168. The molecular formula is C14H19F2NO3. The third kappa shape index (κ3) is 4.16. The van der Waals surface area contributed by atoms with Gasteiger partial charge in [0.1, 0.15) is 11.3 Å². The second-order valence-corrected chi connectivity index (χ2v) is 4.48. The van der Waals surface area contributed by atoms with Gasteiger partial charge in [-0.2, -0.15) is 0 Å². The fourth-order valence-electron chi connectivity index (χ4n) is 1.56. The van der Waals surface area contributed by atoms with Crippen molar-refractivity contribution in [2.24, 2.45) is 0 Å². The zero-order chi connectivity index (χ0) is 15.2. The minimum Gasteiger partial charge on any atom is -0.493 e. The van der Waals surface area contributed by atoms with E-state index in [4.69, 9.17) is 9.47 Å². The number of rotatable bonds is 7. The van der Waals surface area contributed by atoms with E-state index in [-0.39, 0.29) is 18.3 Å². The second-order valence-electron chi connectivity index (χ2n) is 4.48. The van der Waals surface area contributed by atoms with Gasteiger partial charge in [0.25, 0.3) is 0 Å². The molecule has 1 aromatic carbocycles. The maximum absolute atomic E-state index is 13.0. The van der Waals surface area contributed by atoms with Crippen LogP contribution in [-0.4, -0.2) is 31.8 Å². The van der Waals surface area contributed by atoms with Gasteiger partial charge in [-0.1, -0.05) is 0 Å². The fraction of sp³-hybridized carbons (Fsp3) is 0.500. The van der Waals surface area contributed by atoms with E-state index in [2.05, 4.69) is 5.32 Å². The molecule has 0 radical (unpaired) electrons. The van der Waals surface area contributed by atoms with Gasteiger partial charge < -0.3 is 14.8 Å². The number of likely N-dealkylation sites (N-methyl/N-ethyl adjacent to an activating group) is 1. The van der Waals surface area contributed by atoms with Gasteiger partial charge in [0.2, 0.25) is 0 Å². The minimum atomic E-state index is -0.968. The number of esters is 1. The summed E-state index contributed by atoms with van der Waals surface area (Å²) >= 11 is 0. The van der Waals surface area contributed by atoms with E-state index in [9.17, 15) is 13.6 Å². The van der Waals surface area contributed by atoms with E-state index in [1.165, 1.54) is 6.07 Å². The SMILES string of the molecule is CCOC(=O)C(C)(CCOc1ccc(F)c(F)c1)NC. The molecule has 0 aliphatic carbocycles. The van der Waals surface area contributed by atoms with Crippen LogP contribution in [0.2, 0.25) is 0 Å². The maximum atomic E-state index is 13.0. The Morgan fingerprint density at radius 2 is 2.05 bits per heavy atom. The van der Waals surface area contributed by atoms with Crippen molar-refractivity contribution in [2.75, 3.05) is 20.3 Å². The molecule has 0 aromatic heterocycles. The summed E-state index contributed by atoms with van der Waals surface area (Å²) < 4.78 is 36.0. The molecule has 1 atom stereocenters. The summed E-state index contributed by atoms with van der Waals surface area (Å²) in [5.41, 5.74) is -0.880. The van der Waals surface area contributed by atoms with Gasteiger partial charge in [0.05, 0.1) is 13.2 Å². The van der Waals surface area contributed by atoms with E-state index < -0.39 is 17.2 Å². The van der Waals surface area contributed by atoms with E-state index in [1.807, 2.05) is 0 Å². The Hall–Kier alpha value is -1.69. The number of hydrogen-bond acceptors (Lipinski definition) is 4. The standard InChI is InChI=1S/C14H19F2NO3/c1-4-19-13(18)14(2,17-3)7-8-20-10-5-6-11(15)12(16)9-10/h5-6,9,17H,4,7-8H2,1-3H3. The molecule has 0 aliphatic rings. The number of carbonyl (C=O) groups excluding carboxylic acids is 1. The zero-order valence-electron chi connectivity index (χ0n) is 11.8. The van der Waals surface area contributed by atoms with Gasteiger partial charge in [-0.05, 0) is 33.0 Å². The maximum Gasteiger partial charge on any atom is 0.326 e. The van der Waals surface area contributed by atoms with E-state index >= 15 is 0 Å². The van der Waals surface area contributed by atoms with Crippen molar-refractivity contribution in [2.45, 2.75) is 25.8 Å². The van der Waals surface area contributed by atoms with E-state index in [1.54, 1.807) is 20.9 Å². The van der Waals surface area contributed by atoms with Crippen LogP contribution in [0.4, 0.5) is 8.78 Å². The Morgan fingerprint density at radius 3 is 2.60 bits per heavy atom. The first-order valence-electron chi connectivity index (χ1n) is 6.37. The lowest BCUT2D eigenvalue weighted by Gasteiger charge is -2.26. The number of hydrogen-bond donors (Lipinski definition) is 1. The number of nitrogens with one attached hydrogen (secondary N) is 1. The van der Waals surface area contributed by atoms with Gasteiger partial charge in [-0.15, -0.1) is 0 Å². The largest absolute Gasteiger partial charge is 0.493 e. The van der Waals surface area contributed by atoms with Crippen LogP contribution in [0, 0.1) is 11.6 Å². The highest BCUT2D eigenvalue weighted by atomic mass is 19.2. The van der Waals surface area contributed by atoms with Gasteiger partial charge in [-0.3, -0.25) is 4.79 Å². The molecule has 0 fully saturated rings. The Labute approximate surface area is 117 Å². The lowest BCUT2D eigenvalue weighted by Crippen LogP contribution is -2.49. The van der Waals surface area contributed by atoms with Crippen LogP contribution in [-0.2, 0) is 9.53 Å². The van der Waals surface area contributed by atoms with Gasteiger partial charge in [0, 0.05) is 12.5 Å². The Balaban J connectivity index is 2.56. The first-order valence-corrected chi connectivity index (χ1v) is 6.37. The Bertz CT molecular complexity index is 468. The van der Waals surface area contributed by atoms with Gasteiger partial charge >= 0.3 is 5.97 Å². The first kappa shape index (κ1) is 16.4. The molecule has 1 rings (SSSR count). The van der Waals surface area contributed by atoms with Crippen LogP contribution in [0.1, 0.15) is 20.3 Å². The summed E-state index contributed by atoms with van der Waals surface area (Å²) in [6.07, 6.45) is 0.335. The monoisotopic (exact) mass is 287 g/mol. The summed E-state index contributed by atoms with van der Waals surface area (Å²) in [6.45, 7) is 3.88. The molecule has 112 valence electrons. The van der Waals surface area contributed by atoms with Crippen molar-refractivity contribution in [3.63, 3.8) is 0 Å². The van der Waals surface area contributed by atoms with Crippen molar-refractivity contribution in [1.29, 1.82) is 0 Å². The van der Waals surface area contributed by atoms with E-state index in [0.29, 0.717) is 13.0 Å². The van der Waals surface area contributed by atoms with Crippen molar-refractivity contribution < 1.29 is 23.0 Å². The Morgan fingerprint density at radius 1 is 1.35 bits per heavy atom. The number of benzene rings is 1. The highest BCUT2D eigenvalue weighted by Gasteiger charge is 2.32. The van der Waals surface area contributed by atoms with Crippen LogP contribution < -0.4 is 10.1 Å². The number of carbonyl (C=O) groups is 1. The molecule has 0 heterocycles. The van der Waals surface area contributed by atoms with Crippen LogP contribution in [0.15, 0.2) is 18.2 Å². The van der Waals surface area contributed by atoms with Crippen LogP contribution in [0.5, 0.6) is 5.75 Å². The third-order valence-electron chi connectivity index (χ3n) is 3.04. The molecule has 0 spiro atoms. The van der Waals surface area contributed by atoms with Crippen LogP contribution >= 0.6 is 0 Å². The molecule has 0 aliphatic heterocycles. The van der Waals surface area contributed by atoms with Crippen molar-refractivity contribution in [1.82, 2.24) is 5.32 Å². The fourth-order valence-corrected chi connectivity index (χ4v) is 1.56. The molecule has 4 nitrogen and oxygen atoms in total. The van der Waals surface area contributed by atoms with Gasteiger partial charge in [0.15, 0.2) is 11.6 Å². The highest BCUT2D eigenvalue weighted by molar-refractivity contribution is 5.80. The topological polar surface area (TPSA) is 47.6 Å². The molecule has 0 saturated carbocycles. The predicted octanol–water partition coefficient (Wildman–Crippen LogP) is 2.27. The molecule has 0 saturated heterocycles. The second kappa shape index (κ2) is 7.19. The average molecular weight is 287 g/mol. The number of ether oxygens (including phenoxy) is 2. The normalized spacial score (nSPS) is 13.7. The third-order valence-corrected chi connectivity index (χ3v) is 3.04. The summed E-state index contributed by atoms with van der Waals surface area (Å²) in [5, 5.41) is 2.88. The lowest BCUT2D eigenvalue weighted by atomic mass is 9.99. The zero-order valence-corrected chi connectivity index (χ0v) is 11.8. The smallest absolute Gasteiger partial charge is 0.326 e. The van der Waals surface area contributed by atoms with Crippen molar-refractivity contribution in [3.05, 3.63) is 29.8 Å². The molecule has 6 heteroatoms. The summed E-state index contributed by atoms with van der Waals surface area (Å²) in [5.74, 6) is -2.06. The quantitative estimate of drug-likeness (QED) is 0.782. The molecule has 0 bridgehead atoms.